The van der Waals surface area contributed by atoms with Gasteiger partial charge < -0.3 is 5.32 Å². The Hall–Kier alpha value is -3.33. The third kappa shape index (κ3) is 2.67. The van der Waals surface area contributed by atoms with E-state index in [-0.39, 0.29) is 5.91 Å². The molecule has 6 nitrogen and oxygen atoms in total. The number of fused-ring (bicyclic) bond motifs is 1. The molecule has 0 saturated heterocycles. The van der Waals surface area contributed by atoms with Crippen molar-refractivity contribution in [3.8, 4) is 6.07 Å². The fourth-order valence-electron chi connectivity index (χ4n) is 1.81. The van der Waals surface area contributed by atoms with Crippen molar-refractivity contribution in [2.45, 2.75) is 0 Å². The molecule has 3 aromatic rings. The minimum atomic E-state index is -0.292. The van der Waals surface area contributed by atoms with E-state index < -0.39 is 0 Å². The van der Waals surface area contributed by atoms with E-state index in [4.69, 9.17) is 5.26 Å². The highest BCUT2D eigenvalue weighted by molar-refractivity contribution is 6.05. The first-order valence-corrected chi connectivity index (χ1v) is 6.14. The quantitative estimate of drug-likeness (QED) is 0.773. The van der Waals surface area contributed by atoms with Gasteiger partial charge in [-0.15, -0.1) is 0 Å². The highest BCUT2D eigenvalue weighted by Crippen LogP contribution is 2.12. The molecular weight excluding hydrogens is 266 g/mol. The summed E-state index contributed by atoms with van der Waals surface area (Å²) in [4.78, 5) is 24.4. The van der Waals surface area contributed by atoms with Crippen LogP contribution in [0.3, 0.4) is 0 Å². The predicted molar refractivity (Wildman–Crippen MR) is 76.4 cm³/mol. The number of benzene rings is 1. The SMILES string of the molecule is N#Cc1ccc(NC(=O)c2cnc3nccnc3c2)cc1. The largest absolute Gasteiger partial charge is 0.322 e. The molecule has 0 bridgehead atoms. The number of amides is 1. The molecule has 6 heteroatoms. The number of pyridine rings is 1. The maximum absolute atomic E-state index is 12.1. The maximum Gasteiger partial charge on any atom is 0.257 e. The number of nitriles is 1. The van der Waals surface area contributed by atoms with Crippen molar-refractivity contribution in [1.29, 1.82) is 5.26 Å². The molecule has 3 rings (SSSR count). The van der Waals surface area contributed by atoms with Crippen LogP contribution in [0.4, 0.5) is 5.69 Å². The van der Waals surface area contributed by atoms with Crippen molar-refractivity contribution >= 4 is 22.8 Å². The van der Waals surface area contributed by atoms with Crippen molar-refractivity contribution < 1.29 is 4.79 Å². The summed E-state index contributed by atoms with van der Waals surface area (Å²) in [7, 11) is 0. The number of carbonyl (C=O) groups excluding carboxylic acids is 1. The minimum absolute atomic E-state index is 0.292. The van der Waals surface area contributed by atoms with Crippen LogP contribution < -0.4 is 5.32 Å². The van der Waals surface area contributed by atoms with E-state index in [2.05, 4.69) is 20.3 Å². The Labute approximate surface area is 120 Å². The van der Waals surface area contributed by atoms with E-state index in [9.17, 15) is 4.79 Å². The Morgan fingerprint density at radius 1 is 1.10 bits per heavy atom. The molecule has 1 N–H and O–H groups in total. The van der Waals surface area contributed by atoms with Gasteiger partial charge in [-0.25, -0.2) is 9.97 Å². The van der Waals surface area contributed by atoms with Crippen molar-refractivity contribution in [2.75, 3.05) is 5.32 Å². The molecular formula is C15H9N5O. The summed E-state index contributed by atoms with van der Waals surface area (Å²) in [5, 5.41) is 11.5. The monoisotopic (exact) mass is 275 g/mol. The Kier molecular flexibility index (Phi) is 3.23. The molecule has 0 atom stereocenters. The van der Waals surface area contributed by atoms with Crippen molar-refractivity contribution in [3.63, 3.8) is 0 Å². The molecule has 0 radical (unpaired) electrons. The highest BCUT2D eigenvalue weighted by atomic mass is 16.1. The normalized spacial score (nSPS) is 10.0. The summed E-state index contributed by atoms with van der Waals surface area (Å²) < 4.78 is 0. The van der Waals surface area contributed by atoms with Crippen molar-refractivity contribution in [1.82, 2.24) is 15.0 Å². The number of hydrogen-bond acceptors (Lipinski definition) is 5. The van der Waals surface area contributed by atoms with E-state index in [1.165, 1.54) is 6.20 Å². The van der Waals surface area contributed by atoms with Crippen molar-refractivity contribution in [3.05, 3.63) is 60.0 Å². The number of aromatic nitrogens is 3. The third-order valence-electron chi connectivity index (χ3n) is 2.86. The Morgan fingerprint density at radius 3 is 2.62 bits per heavy atom. The zero-order valence-electron chi connectivity index (χ0n) is 10.8. The molecule has 0 fully saturated rings. The maximum atomic E-state index is 12.1. The van der Waals surface area contributed by atoms with Gasteiger partial charge in [-0.1, -0.05) is 0 Å². The van der Waals surface area contributed by atoms with Gasteiger partial charge in [0.05, 0.1) is 17.2 Å². The smallest absolute Gasteiger partial charge is 0.257 e. The molecule has 0 aliphatic heterocycles. The van der Waals surface area contributed by atoms with Gasteiger partial charge in [0, 0.05) is 24.3 Å². The average molecular weight is 275 g/mol. The zero-order chi connectivity index (χ0) is 14.7. The van der Waals surface area contributed by atoms with Gasteiger partial charge in [-0.2, -0.15) is 5.26 Å². The Balaban J connectivity index is 1.84. The van der Waals surface area contributed by atoms with E-state index >= 15 is 0 Å². The molecule has 1 amide bonds. The van der Waals surface area contributed by atoms with Crippen LogP contribution in [0.2, 0.25) is 0 Å². The lowest BCUT2D eigenvalue weighted by Gasteiger charge is -2.05. The topological polar surface area (TPSA) is 91.6 Å². The summed E-state index contributed by atoms with van der Waals surface area (Å²) >= 11 is 0. The van der Waals surface area contributed by atoms with Crippen molar-refractivity contribution in [2.24, 2.45) is 0 Å². The number of nitrogens with zero attached hydrogens (tertiary/aromatic N) is 4. The lowest BCUT2D eigenvalue weighted by atomic mass is 10.2. The van der Waals surface area contributed by atoms with E-state index in [1.54, 1.807) is 42.7 Å². The van der Waals surface area contributed by atoms with Gasteiger partial charge >= 0.3 is 0 Å². The average Bonchev–Trinajstić information content (AvgIpc) is 2.55. The van der Waals surface area contributed by atoms with E-state index in [0.717, 1.165) is 0 Å². The summed E-state index contributed by atoms with van der Waals surface area (Å²) in [5.41, 5.74) is 2.60. The third-order valence-corrected chi connectivity index (χ3v) is 2.86. The van der Waals surface area contributed by atoms with Gasteiger partial charge in [-0.05, 0) is 30.3 Å². The molecule has 0 saturated carbocycles. The van der Waals surface area contributed by atoms with Crippen LogP contribution in [0.5, 0.6) is 0 Å². The molecule has 1 aromatic carbocycles. The second-order valence-corrected chi connectivity index (χ2v) is 4.27. The Morgan fingerprint density at radius 2 is 1.86 bits per heavy atom. The van der Waals surface area contributed by atoms with Crippen LogP contribution in [-0.2, 0) is 0 Å². The van der Waals surface area contributed by atoms with Crippen LogP contribution in [0.15, 0.2) is 48.9 Å². The number of anilines is 1. The van der Waals surface area contributed by atoms with E-state index in [0.29, 0.717) is 28.0 Å². The van der Waals surface area contributed by atoms with Gasteiger partial charge in [-0.3, -0.25) is 9.78 Å². The standard InChI is InChI=1S/C15H9N5O/c16-8-10-1-3-12(4-2-10)20-15(21)11-7-13-14(19-9-11)18-6-5-17-13/h1-7,9H,(H,20,21). The lowest BCUT2D eigenvalue weighted by Crippen LogP contribution is -2.12. The summed E-state index contributed by atoms with van der Waals surface area (Å²) in [6, 6.07) is 10.3. The zero-order valence-corrected chi connectivity index (χ0v) is 10.8. The predicted octanol–water partition coefficient (Wildman–Crippen LogP) is 2.15. The number of nitrogens with one attached hydrogen (secondary N) is 1. The minimum Gasteiger partial charge on any atom is -0.322 e. The summed E-state index contributed by atoms with van der Waals surface area (Å²) in [6.07, 6.45) is 4.55. The van der Waals surface area contributed by atoms with Crippen LogP contribution in [-0.4, -0.2) is 20.9 Å². The summed E-state index contributed by atoms with van der Waals surface area (Å²) in [6.45, 7) is 0. The first-order valence-electron chi connectivity index (χ1n) is 6.14. The lowest BCUT2D eigenvalue weighted by molar-refractivity contribution is 0.102. The molecule has 0 aliphatic carbocycles. The number of rotatable bonds is 2. The molecule has 0 aliphatic rings. The second kappa shape index (κ2) is 5.35. The molecule has 0 spiro atoms. The van der Waals surface area contributed by atoms with Gasteiger partial charge in [0.1, 0.15) is 5.52 Å². The first-order chi connectivity index (χ1) is 10.3. The second-order valence-electron chi connectivity index (χ2n) is 4.27. The number of carbonyl (C=O) groups is 1. The highest BCUT2D eigenvalue weighted by Gasteiger charge is 2.08. The van der Waals surface area contributed by atoms with Gasteiger partial charge in [0.25, 0.3) is 5.91 Å². The van der Waals surface area contributed by atoms with E-state index in [1.807, 2.05) is 6.07 Å². The van der Waals surface area contributed by atoms with Crippen LogP contribution in [0.1, 0.15) is 15.9 Å². The Bertz CT molecular complexity index is 852. The van der Waals surface area contributed by atoms with Crippen LogP contribution in [0.25, 0.3) is 11.2 Å². The van der Waals surface area contributed by atoms with Crippen LogP contribution >= 0.6 is 0 Å². The molecule has 100 valence electrons. The first kappa shape index (κ1) is 12.7. The molecule has 2 heterocycles. The molecule has 21 heavy (non-hydrogen) atoms. The molecule has 0 unspecified atom stereocenters. The fourth-order valence-corrected chi connectivity index (χ4v) is 1.81. The molecule has 2 aromatic heterocycles. The number of hydrogen-bond donors (Lipinski definition) is 1. The fraction of sp³-hybridized carbons (Fsp3) is 0. The summed E-state index contributed by atoms with van der Waals surface area (Å²) in [5.74, 6) is -0.292. The van der Waals surface area contributed by atoms with Gasteiger partial charge in [0.2, 0.25) is 0 Å². The van der Waals surface area contributed by atoms with Crippen LogP contribution in [0, 0.1) is 11.3 Å². The van der Waals surface area contributed by atoms with Gasteiger partial charge in [0.15, 0.2) is 5.65 Å².